The lowest BCUT2D eigenvalue weighted by Crippen LogP contribution is -1.73. The van der Waals surface area contributed by atoms with Crippen molar-refractivity contribution in [3.05, 3.63) is 72.3 Å². The zero-order valence-electron chi connectivity index (χ0n) is 12.3. The van der Waals surface area contributed by atoms with Crippen LogP contribution in [0.1, 0.15) is 19.4 Å². The Labute approximate surface area is 125 Å². The number of benzene rings is 2. The summed E-state index contributed by atoms with van der Waals surface area (Å²) in [5.41, 5.74) is 3.90. The first-order chi connectivity index (χ1) is 9.83. The van der Waals surface area contributed by atoms with Crippen LogP contribution in [0.25, 0.3) is 20.9 Å². The van der Waals surface area contributed by atoms with E-state index in [-0.39, 0.29) is 0 Å². The van der Waals surface area contributed by atoms with Gasteiger partial charge in [-0.2, -0.15) is 0 Å². The first-order valence-electron chi connectivity index (χ1n) is 7.05. The van der Waals surface area contributed by atoms with Crippen LogP contribution in [0.15, 0.2) is 66.7 Å². The molecule has 2 aromatic carbocycles. The summed E-state index contributed by atoms with van der Waals surface area (Å²) in [7, 11) is 0. The second-order valence-electron chi connectivity index (χ2n) is 4.40. The predicted octanol–water partition coefficient (Wildman–Crippen LogP) is 6.42. The maximum Gasteiger partial charge on any atom is 0.0349 e. The van der Waals surface area contributed by atoms with E-state index in [1.807, 2.05) is 25.2 Å². The summed E-state index contributed by atoms with van der Waals surface area (Å²) >= 11 is 1.84. The fourth-order valence-corrected chi connectivity index (χ4v) is 2.99. The first-order valence-corrected chi connectivity index (χ1v) is 7.87. The summed E-state index contributed by atoms with van der Waals surface area (Å²) in [4.78, 5) is 2.65. The van der Waals surface area contributed by atoms with Gasteiger partial charge in [-0.3, -0.25) is 0 Å². The zero-order valence-corrected chi connectivity index (χ0v) is 13.1. The van der Waals surface area contributed by atoms with E-state index in [0.29, 0.717) is 0 Å². The minimum absolute atomic E-state index is 1.29. The van der Waals surface area contributed by atoms with Gasteiger partial charge in [-0.05, 0) is 30.2 Å². The minimum atomic E-state index is 1.29. The molecule has 0 spiro atoms. The summed E-state index contributed by atoms with van der Waals surface area (Å²) < 4.78 is 0. The molecule has 1 heterocycles. The average Bonchev–Trinajstić information content (AvgIpc) is 3.01. The SMILES string of the molecule is CC.Cc1ccc(-c2ccc(-c3ccccc3)s2)cc1. The Hall–Kier alpha value is -1.86. The number of thiophene rings is 1. The third-order valence-corrected chi connectivity index (χ3v) is 4.18. The monoisotopic (exact) mass is 280 g/mol. The second-order valence-corrected chi connectivity index (χ2v) is 5.48. The van der Waals surface area contributed by atoms with E-state index in [9.17, 15) is 0 Å². The summed E-state index contributed by atoms with van der Waals surface area (Å²) in [5.74, 6) is 0. The van der Waals surface area contributed by atoms with Crippen molar-refractivity contribution in [2.45, 2.75) is 20.8 Å². The van der Waals surface area contributed by atoms with Crippen molar-refractivity contribution >= 4 is 11.3 Å². The van der Waals surface area contributed by atoms with E-state index < -0.39 is 0 Å². The summed E-state index contributed by atoms with van der Waals surface area (Å²) in [5, 5.41) is 0. The molecule has 0 aliphatic rings. The molecule has 0 fully saturated rings. The number of hydrogen-bond acceptors (Lipinski definition) is 1. The normalized spacial score (nSPS) is 9.75. The third kappa shape index (κ3) is 3.37. The molecular formula is C19H20S. The molecule has 1 aromatic heterocycles. The topological polar surface area (TPSA) is 0 Å². The van der Waals surface area contributed by atoms with Crippen molar-refractivity contribution in [3.8, 4) is 20.9 Å². The molecule has 0 N–H and O–H groups in total. The molecule has 102 valence electrons. The van der Waals surface area contributed by atoms with Crippen LogP contribution in [0.5, 0.6) is 0 Å². The zero-order chi connectivity index (χ0) is 14.4. The quantitative estimate of drug-likeness (QED) is 0.508. The van der Waals surface area contributed by atoms with Gasteiger partial charge >= 0.3 is 0 Å². The van der Waals surface area contributed by atoms with Gasteiger partial charge in [0.2, 0.25) is 0 Å². The number of rotatable bonds is 2. The lowest BCUT2D eigenvalue weighted by atomic mass is 10.1. The molecule has 0 aliphatic heterocycles. The fourth-order valence-electron chi connectivity index (χ4n) is 1.97. The van der Waals surface area contributed by atoms with E-state index in [4.69, 9.17) is 0 Å². The molecule has 0 unspecified atom stereocenters. The Morgan fingerprint density at radius 2 is 1.10 bits per heavy atom. The molecular weight excluding hydrogens is 260 g/mol. The van der Waals surface area contributed by atoms with Gasteiger partial charge in [0.1, 0.15) is 0 Å². The highest BCUT2D eigenvalue weighted by Crippen LogP contribution is 2.34. The highest BCUT2D eigenvalue weighted by Gasteiger charge is 2.04. The Morgan fingerprint density at radius 3 is 1.65 bits per heavy atom. The van der Waals surface area contributed by atoms with Crippen LogP contribution in [0.4, 0.5) is 0 Å². The molecule has 3 aromatic rings. The Morgan fingerprint density at radius 1 is 0.600 bits per heavy atom. The highest BCUT2D eigenvalue weighted by molar-refractivity contribution is 7.18. The summed E-state index contributed by atoms with van der Waals surface area (Å²) in [6.45, 7) is 6.12. The van der Waals surface area contributed by atoms with E-state index in [1.165, 1.54) is 26.4 Å². The third-order valence-electron chi connectivity index (χ3n) is 3.00. The van der Waals surface area contributed by atoms with Crippen molar-refractivity contribution in [1.82, 2.24) is 0 Å². The lowest BCUT2D eigenvalue weighted by molar-refractivity contribution is 1.48. The molecule has 3 rings (SSSR count). The van der Waals surface area contributed by atoms with Gasteiger partial charge in [0.15, 0.2) is 0 Å². The van der Waals surface area contributed by atoms with Crippen LogP contribution in [0.3, 0.4) is 0 Å². The Bertz CT molecular complexity index is 633. The molecule has 0 atom stereocenters. The number of aryl methyl sites for hydroxylation is 1. The van der Waals surface area contributed by atoms with Crippen molar-refractivity contribution in [1.29, 1.82) is 0 Å². The van der Waals surface area contributed by atoms with Gasteiger partial charge in [0, 0.05) is 9.75 Å². The molecule has 0 aliphatic carbocycles. The van der Waals surface area contributed by atoms with Crippen LogP contribution in [-0.2, 0) is 0 Å². The molecule has 0 radical (unpaired) electrons. The molecule has 0 amide bonds. The van der Waals surface area contributed by atoms with Crippen molar-refractivity contribution in [2.75, 3.05) is 0 Å². The summed E-state index contributed by atoms with van der Waals surface area (Å²) in [6.07, 6.45) is 0. The van der Waals surface area contributed by atoms with E-state index in [2.05, 4.69) is 73.7 Å². The van der Waals surface area contributed by atoms with Crippen molar-refractivity contribution < 1.29 is 0 Å². The molecule has 20 heavy (non-hydrogen) atoms. The fraction of sp³-hybridized carbons (Fsp3) is 0.158. The van der Waals surface area contributed by atoms with Gasteiger partial charge < -0.3 is 0 Å². The van der Waals surface area contributed by atoms with E-state index in [1.54, 1.807) is 0 Å². The van der Waals surface area contributed by atoms with Crippen LogP contribution in [-0.4, -0.2) is 0 Å². The smallest absolute Gasteiger partial charge is 0.0349 e. The van der Waals surface area contributed by atoms with Gasteiger partial charge in [0.05, 0.1) is 0 Å². The maximum atomic E-state index is 2.21. The van der Waals surface area contributed by atoms with Gasteiger partial charge in [-0.1, -0.05) is 74.0 Å². The standard InChI is InChI=1S/C17H14S.C2H6/c1-13-7-9-15(10-8-13)17-12-11-16(18-17)14-5-3-2-4-6-14;1-2/h2-12H,1H3;1-2H3. The Balaban J connectivity index is 0.000000704. The molecule has 1 heteroatoms. The molecule has 0 saturated carbocycles. The van der Waals surface area contributed by atoms with Gasteiger partial charge in [-0.25, -0.2) is 0 Å². The summed E-state index contributed by atoms with van der Waals surface area (Å²) in [6, 6.07) is 23.7. The Kier molecular flexibility index (Phi) is 5.14. The van der Waals surface area contributed by atoms with Crippen molar-refractivity contribution in [2.24, 2.45) is 0 Å². The average molecular weight is 280 g/mol. The highest BCUT2D eigenvalue weighted by atomic mass is 32.1. The predicted molar refractivity (Wildman–Crippen MR) is 91.3 cm³/mol. The largest absolute Gasteiger partial charge is 0.135 e. The van der Waals surface area contributed by atoms with Crippen LogP contribution in [0.2, 0.25) is 0 Å². The van der Waals surface area contributed by atoms with Gasteiger partial charge in [-0.15, -0.1) is 11.3 Å². The van der Waals surface area contributed by atoms with Crippen LogP contribution in [0, 0.1) is 6.92 Å². The molecule has 0 nitrogen and oxygen atoms in total. The van der Waals surface area contributed by atoms with Gasteiger partial charge in [0.25, 0.3) is 0 Å². The molecule has 0 saturated heterocycles. The maximum absolute atomic E-state index is 2.21. The van der Waals surface area contributed by atoms with E-state index >= 15 is 0 Å². The van der Waals surface area contributed by atoms with Crippen LogP contribution < -0.4 is 0 Å². The minimum Gasteiger partial charge on any atom is -0.135 e. The van der Waals surface area contributed by atoms with Crippen molar-refractivity contribution in [3.63, 3.8) is 0 Å². The van der Waals surface area contributed by atoms with E-state index in [0.717, 1.165) is 0 Å². The first kappa shape index (κ1) is 14.5. The number of hydrogen-bond donors (Lipinski definition) is 0. The molecule has 0 bridgehead atoms. The lowest BCUT2D eigenvalue weighted by Gasteiger charge is -1.98. The second kappa shape index (κ2) is 7.06. The van der Waals surface area contributed by atoms with Crippen LogP contribution >= 0.6 is 11.3 Å².